The van der Waals surface area contributed by atoms with Crippen LogP contribution in [-0.2, 0) is 38.9 Å². The molecule has 3 aliphatic rings. The summed E-state index contributed by atoms with van der Waals surface area (Å²) in [7, 11) is 0. The summed E-state index contributed by atoms with van der Waals surface area (Å²) < 4.78 is 0.539. The molecular formula is C35H44Hf. The van der Waals surface area contributed by atoms with Crippen LogP contribution in [0.1, 0.15) is 108 Å². The number of rotatable bonds is 7. The molecule has 0 N–H and O–H groups in total. The first-order chi connectivity index (χ1) is 17.1. The summed E-state index contributed by atoms with van der Waals surface area (Å²) in [5.41, 5.74) is 14.9. The van der Waals surface area contributed by atoms with Crippen LogP contribution in [0.2, 0.25) is 3.17 Å². The molecule has 0 amide bonds. The average molecular weight is 643 g/mol. The van der Waals surface area contributed by atoms with Crippen LogP contribution in [0.15, 0.2) is 70.8 Å². The second-order valence-electron chi connectivity index (χ2n) is 12.3. The third-order valence-corrected chi connectivity index (χ3v) is 19.1. The summed E-state index contributed by atoms with van der Waals surface area (Å²) in [5, 5.41) is 0. The van der Waals surface area contributed by atoms with Crippen molar-refractivity contribution in [2.45, 2.75) is 99.8 Å². The monoisotopic (exact) mass is 644 g/mol. The van der Waals surface area contributed by atoms with Gasteiger partial charge in [0.1, 0.15) is 0 Å². The van der Waals surface area contributed by atoms with Crippen molar-refractivity contribution in [2.75, 3.05) is 0 Å². The normalized spacial score (nSPS) is 24.3. The third kappa shape index (κ3) is 4.03. The van der Waals surface area contributed by atoms with Crippen LogP contribution in [0, 0.1) is 5.41 Å². The summed E-state index contributed by atoms with van der Waals surface area (Å²) in [6.07, 6.45) is 11.6. The van der Waals surface area contributed by atoms with E-state index >= 15 is 0 Å². The minimum absolute atomic E-state index is 0.242. The molecule has 0 bridgehead atoms. The fraction of sp³-hybridized carbons (Fsp3) is 0.486. The molecule has 36 heavy (non-hydrogen) atoms. The summed E-state index contributed by atoms with van der Waals surface area (Å²) >= 11 is -1.32. The molecule has 0 saturated carbocycles. The molecule has 0 radical (unpaired) electrons. The van der Waals surface area contributed by atoms with Gasteiger partial charge in [0.05, 0.1) is 0 Å². The molecule has 2 atom stereocenters. The topological polar surface area (TPSA) is 0 Å². The molecule has 1 heteroatoms. The molecule has 0 aromatic heterocycles. The maximum absolute atomic E-state index is 2.71. The van der Waals surface area contributed by atoms with Crippen LogP contribution in [0.5, 0.6) is 0 Å². The molecule has 0 fully saturated rings. The van der Waals surface area contributed by atoms with Crippen molar-refractivity contribution in [1.29, 1.82) is 0 Å². The molecule has 2 aromatic carbocycles. The Hall–Kier alpha value is -1.47. The standard InChI is InChI=1S/C25H29.C10H15.Hf/c1-4-25(5-2)16-22-14-21-12-11-20(24(21)15-23(22)17-25)13-18(3)19-9-7-6-8-10-19;1-6-7(2)9(4)10(5)8(6)3;/h6-12,14-15,18H,4-5,13,16-17H2,1-3H3;1-5H3;. The zero-order valence-electron chi connectivity index (χ0n) is 23.8. The van der Waals surface area contributed by atoms with E-state index in [0.717, 1.165) is 0 Å². The van der Waals surface area contributed by atoms with E-state index in [4.69, 9.17) is 0 Å². The Morgan fingerprint density at radius 2 is 1.44 bits per heavy atom. The molecule has 2 aromatic rings. The van der Waals surface area contributed by atoms with Gasteiger partial charge in [-0.1, -0.05) is 0 Å². The maximum atomic E-state index is 2.71. The number of fused-ring (bicyclic) bond motifs is 2. The van der Waals surface area contributed by atoms with E-state index in [2.05, 4.69) is 110 Å². The van der Waals surface area contributed by atoms with Gasteiger partial charge < -0.3 is 0 Å². The fourth-order valence-electron chi connectivity index (χ4n) is 7.45. The number of hydrogen-bond donors (Lipinski definition) is 0. The first-order valence-corrected chi connectivity index (χ1v) is 17.7. The van der Waals surface area contributed by atoms with Crippen molar-refractivity contribution in [2.24, 2.45) is 5.41 Å². The summed E-state index contributed by atoms with van der Waals surface area (Å²) in [4.78, 5) is 0. The van der Waals surface area contributed by atoms with Crippen LogP contribution >= 0.6 is 0 Å². The minimum atomic E-state index is -1.32. The van der Waals surface area contributed by atoms with Crippen LogP contribution < -0.4 is 0 Å². The molecule has 0 nitrogen and oxygen atoms in total. The van der Waals surface area contributed by atoms with Crippen molar-refractivity contribution in [3.05, 3.63) is 98.7 Å². The van der Waals surface area contributed by atoms with Gasteiger partial charge in [0.25, 0.3) is 0 Å². The van der Waals surface area contributed by atoms with Gasteiger partial charge in [-0.2, -0.15) is 0 Å². The summed E-state index contributed by atoms with van der Waals surface area (Å²) in [5.74, 6) is 0.550. The molecule has 3 aliphatic carbocycles. The van der Waals surface area contributed by atoms with Crippen LogP contribution in [0.3, 0.4) is 0 Å². The van der Waals surface area contributed by atoms with Crippen LogP contribution in [0.4, 0.5) is 0 Å². The molecule has 0 spiro atoms. The quantitative estimate of drug-likeness (QED) is 0.264. The van der Waals surface area contributed by atoms with Crippen molar-refractivity contribution in [1.82, 2.24) is 0 Å². The molecular weight excluding hydrogens is 599 g/mol. The molecule has 0 aliphatic heterocycles. The van der Waals surface area contributed by atoms with Gasteiger partial charge in [-0.25, -0.2) is 0 Å². The first kappa shape index (κ1) is 26.1. The Bertz CT molecular complexity index is 1240. The Balaban J connectivity index is 1.61. The number of allylic oxidation sites excluding steroid dienone is 5. The fourth-order valence-corrected chi connectivity index (χ4v) is 16.7. The third-order valence-electron chi connectivity index (χ3n) is 10.7. The first-order valence-electron chi connectivity index (χ1n) is 14.1. The van der Waals surface area contributed by atoms with E-state index < -0.39 is 22.9 Å². The average Bonchev–Trinajstić information content (AvgIpc) is 3.47. The predicted molar refractivity (Wildman–Crippen MR) is 152 cm³/mol. The van der Waals surface area contributed by atoms with Crippen molar-refractivity contribution < 1.29 is 22.9 Å². The van der Waals surface area contributed by atoms with Gasteiger partial charge in [-0.05, 0) is 0 Å². The number of hydrogen-bond acceptors (Lipinski definition) is 0. The molecule has 2 unspecified atom stereocenters. The van der Waals surface area contributed by atoms with Gasteiger partial charge in [-0.15, -0.1) is 0 Å². The zero-order valence-corrected chi connectivity index (χ0v) is 27.4. The van der Waals surface area contributed by atoms with Gasteiger partial charge in [0, 0.05) is 0 Å². The summed E-state index contributed by atoms with van der Waals surface area (Å²) in [6.45, 7) is 19.5. The molecule has 0 heterocycles. The van der Waals surface area contributed by atoms with E-state index in [1.54, 1.807) is 39.0 Å². The SMILES string of the molecule is CCC1(CC)Cc2cc3c(cc2C1)[C](CC(C)c1ccccc1)([Hf][C]1(C)C(C)=C(C)C(C)=C1C)C=C3. The van der Waals surface area contributed by atoms with Crippen molar-refractivity contribution in [3.8, 4) is 0 Å². The van der Waals surface area contributed by atoms with Gasteiger partial charge in [-0.3, -0.25) is 0 Å². The van der Waals surface area contributed by atoms with E-state index in [0.29, 0.717) is 14.5 Å². The second-order valence-corrected chi connectivity index (χ2v) is 20.0. The zero-order chi connectivity index (χ0) is 25.9. The van der Waals surface area contributed by atoms with Gasteiger partial charge in [0.15, 0.2) is 0 Å². The van der Waals surface area contributed by atoms with Crippen molar-refractivity contribution >= 4 is 6.08 Å². The Morgan fingerprint density at radius 1 is 0.861 bits per heavy atom. The van der Waals surface area contributed by atoms with Crippen LogP contribution in [0.25, 0.3) is 6.08 Å². The van der Waals surface area contributed by atoms with Crippen molar-refractivity contribution in [3.63, 3.8) is 0 Å². The number of benzene rings is 2. The Kier molecular flexibility index (Phi) is 6.81. The van der Waals surface area contributed by atoms with Crippen LogP contribution in [-0.4, -0.2) is 0 Å². The van der Waals surface area contributed by atoms with Gasteiger partial charge in [0.2, 0.25) is 0 Å². The van der Waals surface area contributed by atoms with E-state index in [1.807, 2.05) is 0 Å². The van der Waals surface area contributed by atoms with Gasteiger partial charge >= 0.3 is 233 Å². The molecule has 0 saturated heterocycles. The van der Waals surface area contributed by atoms with E-state index in [1.165, 1.54) is 43.2 Å². The molecule has 188 valence electrons. The van der Waals surface area contributed by atoms with E-state index in [-0.39, 0.29) is 3.17 Å². The Morgan fingerprint density at radius 3 is 2.03 bits per heavy atom. The predicted octanol–water partition coefficient (Wildman–Crippen LogP) is 9.95. The summed E-state index contributed by atoms with van der Waals surface area (Å²) in [6, 6.07) is 16.6. The second kappa shape index (κ2) is 9.37. The van der Waals surface area contributed by atoms with E-state index in [9.17, 15) is 0 Å². The molecule has 5 rings (SSSR count). The Labute approximate surface area is 231 Å².